The minimum absolute atomic E-state index is 0.128. The Morgan fingerprint density at radius 3 is 2.59 bits per heavy atom. The highest BCUT2D eigenvalue weighted by Gasteiger charge is 2.28. The Kier molecular flexibility index (Phi) is 4.74. The van der Waals surface area contributed by atoms with E-state index >= 15 is 0 Å². The second-order valence-electron chi connectivity index (χ2n) is 7.29. The van der Waals surface area contributed by atoms with Crippen molar-refractivity contribution in [1.29, 1.82) is 0 Å². The summed E-state index contributed by atoms with van der Waals surface area (Å²) in [7, 11) is 0. The van der Waals surface area contributed by atoms with Crippen LogP contribution in [0.25, 0.3) is 11.3 Å². The summed E-state index contributed by atoms with van der Waals surface area (Å²) in [6.45, 7) is 3.63. The van der Waals surface area contributed by atoms with Gasteiger partial charge < -0.3 is 5.11 Å². The average molecular weight is 393 g/mol. The molecule has 0 bridgehead atoms. The molecule has 0 unspecified atom stereocenters. The predicted molar refractivity (Wildman–Crippen MR) is 105 cm³/mol. The quantitative estimate of drug-likeness (QED) is 0.728. The first kappa shape index (κ1) is 19.0. The Bertz CT molecular complexity index is 1130. The maximum absolute atomic E-state index is 14.7. The number of aryl methyl sites for hydroxylation is 2. The molecule has 0 saturated carbocycles. The Morgan fingerprint density at radius 2 is 1.90 bits per heavy atom. The van der Waals surface area contributed by atoms with Crippen molar-refractivity contribution in [1.82, 2.24) is 14.8 Å². The van der Waals surface area contributed by atoms with E-state index in [0.29, 0.717) is 29.8 Å². The zero-order valence-electron chi connectivity index (χ0n) is 16.2. The van der Waals surface area contributed by atoms with Crippen LogP contribution in [0.2, 0.25) is 0 Å². The highest BCUT2D eigenvalue weighted by atomic mass is 19.1. The van der Waals surface area contributed by atoms with Crippen LogP contribution in [0.15, 0.2) is 30.5 Å². The SMILES string of the molecule is Cc1ccnc(C)c1C(=O)n1nc(-c2ccc(C(=O)O)cc2F)c2c1CCCC2. The summed E-state index contributed by atoms with van der Waals surface area (Å²) in [6.07, 6.45) is 4.89. The van der Waals surface area contributed by atoms with E-state index in [1.54, 1.807) is 19.2 Å². The van der Waals surface area contributed by atoms with Gasteiger partial charge in [-0.1, -0.05) is 0 Å². The normalized spacial score (nSPS) is 13.2. The number of pyridine rings is 1. The summed E-state index contributed by atoms with van der Waals surface area (Å²) in [5, 5.41) is 13.6. The molecule has 6 nitrogen and oxygen atoms in total. The molecule has 1 aliphatic carbocycles. The van der Waals surface area contributed by atoms with Gasteiger partial charge in [-0.3, -0.25) is 9.78 Å². The molecule has 29 heavy (non-hydrogen) atoms. The van der Waals surface area contributed by atoms with Gasteiger partial charge >= 0.3 is 5.97 Å². The first-order valence-electron chi connectivity index (χ1n) is 9.49. The van der Waals surface area contributed by atoms with Gasteiger partial charge in [-0.05, 0) is 69.4 Å². The van der Waals surface area contributed by atoms with Crippen molar-refractivity contribution < 1.29 is 19.1 Å². The van der Waals surface area contributed by atoms with E-state index in [4.69, 9.17) is 5.11 Å². The Hall–Kier alpha value is -3.35. The van der Waals surface area contributed by atoms with Crippen LogP contribution in [0.1, 0.15) is 56.1 Å². The number of carboxylic acid groups (broad SMARTS) is 1. The molecule has 0 amide bonds. The first-order chi connectivity index (χ1) is 13.9. The maximum Gasteiger partial charge on any atom is 0.335 e. The lowest BCUT2D eigenvalue weighted by Gasteiger charge is -2.15. The zero-order chi connectivity index (χ0) is 20.7. The molecule has 0 aliphatic heterocycles. The van der Waals surface area contributed by atoms with Gasteiger partial charge in [0.25, 0.3) is 5.91 Å². The lowest BCUT2D eigenvalue weighted by molar-refractivity contribution is 0.0696. The molecule has 0 spiro atoms. The van der Waals surface area contributed by atoms with E-state index in [2.05, 4.69) is 10.1 Å². The van der Waals surface area contributed by atoms with Gasteiger partial charge in [0.2, 0.25) is 0 Å². The van der Waals surface area contributed by atoms with Gasteiger partial charge in [-0.15, -0.1) is 0 Å². The number of benzene rings is 1. The van der Waals surface area contributed by atoms with Crippen molar-refractivity contribution in [2.45, 2.75) is 39.5 Å². The highest BCUT2D eigenvalue weighted by molar-refractivity contribution is 5.98. The van der Waals surface area contributed by atoms with Crippen LogP contribution in [0.3, 0.4) is 0 Å². The average Bonchev–Trinajstić information content (AvgIpc) is 3.07. The smallest absolute Gasteiger partial charge is 0.335 e. The maximum atomic E-state index is 14.7. The summed E-state index contributed by atoms with van der Waals surface area (Å²) in [5.74, 6) is -2.13. The van der Waals surface area contributed by atoms with Gasteiger partial charge in [0.05, 0.1) is 28.2 Å². The largest absolute Gasteiger partial charge is 0.478 e. The summed E-state index contributed by atoms with van der Waals surface area (Å²) in [5.41, 5.74) is 4.05. The van der Waals surface area contributed by atoms with E-state index in [9.17, 15) is 14.0 Å². The molecule has 2 heterocycles. The van der Waals surface area contributed by atoms with Gasteiger partial charge in [0.1, 0.15) is 5.82 Å². The number of carbonyl (C=O) groups is 2. The number of rotatable bonds is 3. The van der Waals surface area contributed by atoms with Gasteiger partial charge in [-0.2, -0.15) is 9.78 Å². The van der Waals surface area contributed by atoms with E-state index < -0.39 is 11.8 Å². The Balaban J connectivity index is 1.88. The molecule has 1 aromatic carbocycles. The lowest BCUT2D eigenvalue weighted by atomic mass is 9.93. The van der Waals surface area contributed by atoms with Crippen LogP contribution in [-0.4, -0.2) is 31.7 Å². The third-order valence-electron chi connectivity index (χ3n) is 5.41. The van der Waals surface area contributed by atoms with Crippen LogP contribution in [0.5, 0.6) is 0 Å². The summed E-state index contributed by atoms with van der Waals surface area (Å²) < 4.78 is 16.1. The van der Waals surface area contributed by atoms with E-state index in [-0.39, 0.29) is 17.0 Å². The lowest BCUT2D eigenvalue weighted by Crippen LogP contribution is -2.20. The van der Waals surface area contributed by atoms with Gasteiger partial charge in [-0.25, -0.2) is 9.18 Å². The highest BCUT2D eigenvalue weighted by Crippen LogP contribution is 2.33. The molecular formula is C22H20FN3O3. The number of aromatic carboxylic acids is 1. The number of hydrogen-bond donors (Lipinski definition) is 1. The summed E-state index contributed by atoms with van der Waals surface area (Å²) >= 11 is 0. The van der Waals surface area contributed by atoms with E-state index in [1.165, 1.54) is 16.8 Å². The Labute approximate surface area is 167 Å². The third kappa shape index (κ3) is 3.22. The fourth-order valence-electron chi connectivity index (χ4n) is 3.95. The molecule has 1 aliphatic rings. The number of hydrogen-bond acceptors (Lipinski definition) is 4. The molecule has 0 radical (unpaired) electrons. The van der Waals surface area contributed by atoms with Crippen LogP contribution >= 0.6 is 0 Å². The number of nitrogens with zero attached hydrogens (tertiary/aromatic N) is 3. The molecule has 0 saturated heterocycles. The number of aromatic nitrogens is 3. The van der Waals surface area contributed by atoms with Crippen LogP contribution in [-0.2, 0) is 12.8 Å². The molecule has 3 aromatic rings. The fraction of sp³-hybridized carbons (Fsp3) is 0.273. The van der Waals surface area contributed by atoms with Gasteiger partial charge in [0, 0.05) is 17.3 Å². The van der Waals surface area contributed by atoms with Crippen LogP contribution in [0.4, 0.5) is 4.39 Å². The molecule has 1 N–H and O–H groups in total. The molecular weight excluding hydrogens is 373 g/mol. The topological polar surface area (TPSA) is 85.1 Å². The zero-order valence-corrected chi connectivity index (χ0v) is 16.2. The monoisotopic (exact) mass is 393 g/mol. The van der Waals surface area contributed by atoms with Crippen molar-refractivity contribution in [3.05, 3.63) is 69.9 Å². The van der Waals surface area contributed by atoms with Crippen molar-refractivity contribution in [2.24, 2.45) is 0 Å². The molecule has 0 fully saturated rings. The predicted octanol–water partition coefficient (Wildman–Crippen LogP) is 3.97. The van der Waals surface area contributed by atoms with E-state index in [1.807, 2.05) is 6.92 Å². The second-order valence-corrected chi connectivity index (χ2v) is 7.29. The number of carboxylic acids is 1. The molecule has 7 heteroatoms. The van der Waals surface area contributed by atoms with Gasteiger partial charge in [0.15, 0.2) is 0 Å². The van der Waals surface area contributed by atoms with Crippen molar-refractivity contribution in [3.8, 4) is 11.3 Å². The Morgan fingerprint density at radius 1 is 1.14 bits per heavy atom. The van der Waals surface area contributed by atoms with Crippen molar-refractivity contribution in [2.75, 3.05) is 0 Å². The third-order valence-corrected chi connectivity index (χ3v) is 5.41. The number of fused-ring (bicyclic) bond motifs is 1. The molecule has 4 rings (SSSR count). The minimum atomic E-state index is -1.19. The minimum Gasteiger partial charge on any atom is -0.478 e. The number of halogens is 1. The van der Waals surface area contributed by atoms with Crippen LogP contribution < -0.4 is 0 Å². The van der Waals surface area contributed by atoms with E-state index in [0.717, 1.165) is 35.7 Å². The molecule has 2 aromatic heterocycles. The first-order valence-corrected chi connectivity index (χ1v) is 9.49. The van der Waals surface area contributed by atoms with Crippen molar-refractivity contribution >= 4 is 11.9 Å². The fourth-order valence-corrected chi connectivity index (χ4v) is 3.95. The molecule has 148 valence electrons. The molecule has 0 atom stereocenters. The standard InChI is InChI=1S/C22H20FN3O3/c1-12-9-10-24-13(2)19(12)21(27)26-18-6-4-3-5-16(18)20(25-26)15-8-7-14(22(28)29)11-17(15)23/h7-11H,3-6H2,1-2H3,(H,28,29). The second kappa shape index (κ2) is 7.24. The number of carbonyl (C=O) groups excluding carboxylic acids is 1. The summed E-state index contributed by atoms with van der Waals surface area (Å²) in [4.78, 5) is 28.7. The van der Waals surface area contributed by atoms with Crippen LogP contribution in [0, 0.1) is 19.7 Å². The van der Waals surface area contributed by atoms with Crippen molar-refractivity contribution in [3.63, 3.8) is 0 Å². The summed E-state index contributed by atoms with van der Waals surface area (Å²) in [6, 6.07) is 5.54.